The van der Waals surface area contributed by atoms with Gasteiger partial charge in [-0.25, -0.2) is 15.0 Å². The van der Waals surface area contributed by atoms with Crippen LogP contribution in [0.1, 0.15) is 5.56 Å². The highest BCUT2D eigenvalue weighted by molar-refractivity contribution is 6.17. The van der Waals surface area contributed by atoms with E-state index in [1.165, 1.54) is 10.8 Å². The molecule has 0 aliphatic carbocycles. The molecule has 0 aliphatic rings. The molecule has 0 amide bonds. The molecule has 0 saturated heterocycles. The highest BCUT2D eigenvalue weighted by Crippen LogP contribution is 2.42. The summed E-state index contributed by atoms with van der Waals surface area (Å²) in [5.41, 5.74) is 8.07. The van der Waals surface area contributed by atoms with E-state index in [1.54, 1.807) is 0 Å². The first-order valence-electron chi connectivity index (χ1n) is 16.9. The van der Waals surface area contributed by atoms with Gasteiger partial charge in [-0.15, -0.1) is 0 Å². The molecule has 4 heteroatoms. The average Bonchev–Trinajstić information content (AvgIpc) is 3.58. The second-order valence-corrected chi connectivity index (χ2v) is 12.9. The number of aromatic nitrogens is 3. The minimum atomic E-state index is 0.636. The fourth-order valence-electron chi connectivity index (χ4n) is 7.32. The van der Waals surface area contributed by atoms with Crippen molar-refractivity contribution >= 4 is 54.3 Å². The maximum atomic E-state index is 6.39. The van der Waals surface area contributed by atoms with Gasteiger partial charge in [0.2, 0.25) is 0 Å². The molecule has 0 radical (unpaired) electrons. The Balaban J connectivity index is 1.21. The third-order valence-corrected chi connectivity index (χ3v) is 9.83. The van der Waals surface area contributed by atoms with E-state index >= 15 is 0 Å². The van der Waals surface area contributed by atoms with E-state index in [0.29, 0.717) is 17.5 Å². The van der Waals surface area contributed by atoms with Crippen molar-refractivity contribution in [2.24, 2.45) is 0 Å². The van der Waals surface area contributed by atoms with Crippen LogP contribution in [0.25, 0.3) is 99.5 Å². The van der Waals surface area contributed by atoms with Crippen LogP contribution in [-0.4, -0.2) is 15.0 Å². The third-order valence-electron chi connectivity index (χ3n) is 9.83. The van der Waals surface area contributed by atoms with Crippen LogP contribution < -0.4 is 0 Å². The molecular weight excluding hydrogens is 611 g/mol. The van der Waals surface area contributed by atoms with E-state index < -0.39 is 0 Å². The summed E-state index contributed by atoms with van der Waals surface area (Å²) in [6.07, 6.45) is 0. The van der Waals surface area contributed by atoms with Crippen molar-refractivity contribution in [3.63, 3.8) is 0 Å². The van der Waals surface area contributed by atoms with Crippen LogP contribution in [0.15, 0.2) is 162 Å². The summed E-state index contributed by atoms with van der Waals surface area (Å²) in [5.74, 6) is 1.92. The van der Waals surface area contributed by atoms with Crippen molar-refractivity contribution < 1.29 is 4.42 Å². The Kier molecular flexibility index (Phi) is 6.36. The summed E-state index contributed by atoms with van der Waals surface area (Å²) in [7, 11) is 0. The number of rotatable bonds is 4. The number of furan rings is 1. The number of fused-ring (bicyclic) bond motifs is 6. The lowest BCUT2D eigenvalue weighted by Crippen LogP contribution is -2.01. The fourth-order valence-corrected chi connectivity index (χ4v) is 7.32. The van der Waals surface area contributed by atoms with Crippen LogP contribution in [0.4, 0.5) is 0 Å². The number of hydrogen-bond acceptors (Lipinski definition) is 4. The Hall–Kier alpha value is -6.65. The predicted octanol–water partition coefficient (Wildman–Crippen LogP) is 12.2. The first-order valence-corrected chi connectivity index (χ1v) is 16.9. The Morgan fingerprint density at radius 3 is 1.56 bits per heavy atom. The maximum Gasteiger partial charge on any atom is 0.164 e. The lowest BCUT2D eigenvalue weighted by Gasteiger charge is -2.14. The molecule has 4 nitrogen and oxygen atoms in total. The zero-order valence-electron chi connectivity index (χ0n) is 27.3. The van der Waals surface area contributed by atoms with Crippen molar-refractivity contribution in [3.8, 4) is 45.3 Å². The third kappa shape index (κ3) is 4.57. The minimum Gasteiger partial charge on any atom is -0.456 e. The van der Waals surface area contributed by atoms with Gasteiger partial charge in [-0.1, -0.05) is 133 Å². The molecule has 0 unspecified atom stereocenters. The lowest BCUT2D eigenvalue weighted by molar-refractivity contribution is 0.666. The summed E-state index contributed by atoms with van der Waals surface area (Å²) in [6.45, 7) is 2.11. The van der Waals surface area contributed by atoms with Gasteiger partial charge in [0.1, 0.15) is 11.2 Å². The zero-order valence-corrected chi connectivity index (χ0v) is 27.3. The highest BCUT2D eigenvalue weighted by atomic mass is 16.3. The first kappa shape index (κ1) is 28.4. The second-order valence-electron chi connectivity index (χ2n) is 12.9. The lowest BCUT2D eigenvalue weighted by atomic mass is 9.91. The SMILES string of the molecule is Cc1ccc(-c2ccc(-c3nc(-c4ccc5ccccc5c4)nc(-c4ccc5ccccc5c4)n3)c3ccccc23)c2c1oc1ccccc12. The molecule has 0 fully saturated rings. The largest absolute Gasteiger partial charge is 0.456 e. The van der Waals surface area contributed by atoms with Gasteiger partial charge in [-0.2, -0.15) is 0 Å². The monoisotopic (exact) mass is 639 g/mol. The zero-order chi connectivity index (χ0) is 33.2. The molecule has 2 aromatic heterocycles. The predicted molar refractivity (Wildman–Crippen MR) is 206 cm³/mol. The number of nitrogens with zero attached hydrogens (tertiary/aromatic N) is 3. The Morgan fingerprint density at radius 2 is 0.900 bits per heavy atom. The quantitative estimate of drug-likeness (QED) is 0.192. The summed E-state index contributed by atoms with van der Waals surface area (Å²) in [5, 5.41) is 9.10. The van der Waals surface area contributed by atoms with Gasteiger partial charge in [-0.05, 0) is 80.2 Å². The van der Waals surface area contributed by atoms with Gasteiger partial charge in [0.15, 0.2) is 17.5 Å². The molecule has 10 aromatic rings. The van der Waals surface area contributed by atoms with Crippen molar-refractivity contribution in [1.82, 2.24) is 15.0 Å². The van der Waals surface area contributed by atoms with E-state index in [0.717, 1.165) is 76.9 Å². The second kappa shape index (κ2) is 11.2. The summed E-state index contributed by atoms with van der Waals surface area (Å²) < 4.78 is 6.39. The van der Waals surface area contributed by atoms with Gasteiger partial charge < -0.3 is 4.42 Å². The number of benzene rings is 8. The highest BCUT2D eigenvalue weighted by Gasteiger charge is 2.19. The van der Waals surface area contributed by atoms with Gasteiger partial charge >= 0.3 is 0 Å². The Bertz CT molecular complexity index is 2860. The number of para-hydroxylation sites is 1. The van der Waals surface area contributed by atoms with Gasteiger partial charge in [-0.3, -0.25) is 0 Å². The van der Waals surface area contributed by atoms with Crippen molar-refractivity contribution in [2.45, 2.75) is 6.92 Å². The van der Waals surface area contributed by atoms with E-state index in [4.69, 9.17) is 19.4 Å². The average molecular weight is 640 g/mol. The normalized spacial score (nSPS) is 11.7. The topological polar surface area (TPSA) is 51.8 Å². The molecule has 0 aliphatic heterocycles. The molecule has 10 rings (SSSR count). The summed E-state index contributed by atoms with van der Waals surface area (Å²) in [4.78, 5) is 15.4. The molecule has 0 spiro atoms. The fraction of sp³-hybridized carbons (Fsp3) is 0.0217. The van der Waals surface area contributed by atoms with Gasteiger partial charge in [0, 0.05) is 27.5 Å². The van der Waals surface area contributed by atoms with Crippen LogP contribution >= 0.6 is 0 Å². The summed E-state index contributed by atoms with van der Waals surface area (Å²) >= 11 is 0. The molecule has 8 aromatic carbocycles. The van der Waals surface area contributed by atoms with Crippen LogP contribution in [0, 0.1) is 6.92 Å². The van der Waals surface area contributed by atoms with Gasteiger partial charge in [0.25, 0.3) is 0 Å². The Morgan fingerprint density at radius 1 is 0.400 bits per heavy atom. The van der Waals surface area contributed by atoms with Crippen LogP contribution in [0.5, 0.6) is 0 Å². The molecule has 0 atom stereocenters. The smallest absolute Gasteiger partial charge is 0.164 e. The van der Waals surface area contributed by atoms with Crippen LogP contribution in [-0.2, 0) is 0 Å². The first-order chi connectivity index (χ1) is 24.7. The van der Waals surface area contributed by atoms with Crippen molar-refractivity contribution in [3.05, 3.63) is 163 Å². The summed E-state index contributed by atoms with van der Waals surface area (Å²) in [6, 6.07) is 55.1. The van der Waals surface area contributed by atoms with E-state index in [-0.39, 0.29) is 0 Å². The molecule has 0 N–H and O–H groups in total. The molecular formula is C46H29N3O. The minimum absolute atomic E-state index is 0.636. The Labute approximate surface area is 288 Å². The number of hydrogen-bond donors (Lipinski definition) is 0. The number of aryl methyl sites for hydroxylation is 1. The molecule has 2 heterocycles. The van der Waals surface area contributed by atoms with E-state index in [9.17, 15) is 0 Å². The van der Waals surface area contributed by atoms with Gasteiger partial charge in [0.05, 0.1) is 0 Å². The van der Waals surface area contributed by atoms with E-state index in [2.05, 4.69) is 153 Å². The molecule has 234 valence electrons. The van der Waals surface area contributed by atoms with Crippen LogP contribution in [0.3, 0.4) is 0 Å². The van der Waals surface area contributed by atoms with E-state index in [1.807, 2.05) is 12.1 Å². The van der Waals surface area contributed by atoms with Crippen LogP contribution in [0.2, 0.25) is 0 Å². The van der Waals surface area contributed by atoms with Crippen molar-refractivity contribution in [2.75, 3.05) is 0 Å². The maximum absolute atomic E-state index is 6.39. The molecule has 0 saturated carbocycles. The van der Waals surface area contributed by atoms with Crippen molar-refractivity contribution in [1.29, 1.82) is 0 Å². The standard InChI is InChI=1S/C46H29N3O/c1-28-18-23-38(42-40-16-8-9-17-41(40)50-43(28)42)37-24-25-39(36-15-7-6-14-35(36)37)46-48-44(33-21-19-29-10-2-4-12-31(29)26-33)47-45(49-46)34-22-20-30-11-3-5-13-32(30)27-34/h2-27H,1H3. The molecule has 50 heavy (non-hydrogen) atoms. The molecule has 0 bridgehead atoms.